The lowest BCUT2D eigenvalue weighted by Crippen LogP contribution is -1.99. The predicted molar refractivity (Wildman–Crippen MR) is 122 cm³/mol. The summed E-state index contributed by atoms with van der Waals surface area (Å²) >= 11 is 0. The number of aldehydes is 1. The van der Waals surface area contributed by atoms with Crippen LogP contribution in [0.25, 0.3) is 33.4 Å². The second kappa shape index (κ2) is 7.17. The van der Waals surface area contributed by atoms with Gasteiger partial charge in [-0.05, 0) is 49.6 Å². The third-order valence-corrected chi connectivity index (χ3v) is 7.01. The highest BCUT2D eigenvalue weighted by atomic mass is 32.2. The van der Waals surface area contributed by atoms with E-state index in [9.17, 15) is 13.2 Å². The first-order chi connectivity index (χ1) is 14.9. The smallest absolute Gasteiger partial charge is 0.175 e. The summed E-state index contributed by atoms with van der Waals surface area (Å²) < 4.78 is 26.0. The van der Waals surface area contributed by atoms with Crippen molar-refractivity contribution in [2.24, 2.45) is 0 Å². The van der Waals surface area contributed by atoms with Gasteiger partial charge in [-0.25, -0.2) is 8.42 Å². The van der Waals surface area contributed by atoms with Crippen LogP contribution in [-0.4, -0.2) is 30.5 Å². The van der Waals surface area contributed by atoms with Gasteiger partial charge in [-0.3, -0.25) is 9.78 Å². The maximum absolute atomic E-state index is 11.8. The van der Waals surface area contributed by atoms with E-state index in [0.29, 0.717) is 16.5 Å². The second-order valence-corrected chi connectivity index (χ2v) is 10.2. The van der Waals surface area contributed by atoms with Crippen molar-refractivity contribution in [2.75, 3.05) is 6.26 Å². The Labute approximate surface area is 181 Å². The quantitative estimate of drug-likeness (QED) is 0.407. The van der Waals surface area contributed by atoms with Crippen LogP contribution in [-0.2, 0) is 9.84 Å². The number of hydrogen-bond acceptors (Lipinski definition) is 4. The molecule has 2 aromatic heterocycles. The summed E-state index contributed by atoms with van der Waals surface area (Å²) in [6, 6.07) is 19.2. The normalized spacial score (nSPS) is 14.1. The molecule has 1 saturated carbocycles. The molecule has 0 N–H and O–H groups in total. The highest BCUT2D eigenvalue weighted by Crippen LogP contribution is 2.43. The molecule has 6 heteroatoms. The SMILES string of the molecule is Cc1nc(-c2ccccc2C=O)cc2c1cc(-c1ccc(S(C)(=O)=O)cc1)n2C1CC1. The fourth-order valence-electron chi connectivity index (χ4n) is 4.17. The van der Waals surface area contributed by atoms with E-state index in [0.717, 1.165) is 58.2 Å². The van der Waals surface area contributed by atoms with Crippen LogP contribution in [0.5, 0.6) is 0 Å². The highest BCUT2D eigenvalue weighted by molar-refractivity contribution is 7.90. The lowest BCUT2D eigenvalue weighted by Gasteiger charge is -2.12. The van der Waals surface area contributed by atoms with Crippen molar-refractivity contribution in [3.05, 3.63) is 71.9 Å². The first-order valence-corrected chi connectivity index (χ1v) is 12.1. The van der Waals surface area contributed by atoms with Gasteiger partial charge in [0.15, 0.2) is 16.1 Å². The summed E-state index contributed by atoms with van der Waals surface area (Å²) in [5.74, 6) is 0. The molecule has 156 valence electrons. The Kier molecular flexibility index (Phi) is 4.55. The van der Waals surface area contributed by atoms with Crippen LogP contribution < -0.4 is 0 Å². The van der Waals surface area contributed by atoms with Crippen LogP contribution in [0.3, 0.4) is 0 Å². The van der Waals surface area contributed by atoms with Crippen LogP contribution in [0.2, 0.25) is 0 Å². The number of pyridine rings is 1. The van der Waals surface area contributed by atoms with Crippen molar-refractivity contribution in [1.82, 2.24) is 9.55 Å². The molecule has 5 rings (SSSR count). The van der Waals surface area contributed by atoms with Crippen molar-refractivity contribution in [2.45, 2.75) is 30.7 Å². The minimum absolute atomic E-state index is 0.316. The Morgan fingerprint density at radius 2 is 1.74 bits per heavy atom. The van der Waals surface area contributed by atoms with E-state index in [1.807, 2.05) is 37.3 Å². The van der Waals surface area contributed by atoms with E-state index in [1.165, 1.54) is 6.26 Å². The first kappa shape index (κ1) is 19.7. The molecule has 0 spiro atoms. The van der Waals surface area contributed by atoms with Gasteiger partial charge >= 0.3 is 0 Å². The fraction of sp³-hybridized carbons (Fsp3) is 0.200. The summed E-state index contributed by atoms with van der Waals surface area (Å²) in [5, 5.41) is 1.07. The monoisotopic (exact) mass is 430 g/mol. The van der Waals surface area contributed by atoms with Crippen LogP contribution >= 0.6 is 0 Å². The molecule has 0 unspecified atom stereocenters. The van der Waals surface area contributed by atoms with E-state index in [1.54, 1.807) is 18.2 Å². The van der Waals surface area contributed by atoms with Gasteiger partial charge in [0.05, 0.1) is 16.1 Å². The molecule has 2 aromatic carbocycles. The molecule has 0 saturated heterocycles. The third kappa shape index (κ3) is 3.47. The van der Waals surface area contributed by atoms with Gasteiger partial charge in [0.25, 0.3) is 0 Å². The Hall–Kier alpha value is -3.25. The molecular formula is C25H22N2O3S. The van der Waals surface area contributed by atoms with E-state index in [-0.39, 0.29) is 0 Å². The Balaban J connectivity index is 1.72. The summed E-state index contributed by atoms with van der Waals surface area (Å²) in [7, 11) is -3.24. The maximum atomic E-state index is 11.8. The van der Waals surface area contributed by atoms with Crippen molar-refractivity contribution < 1.29 is 13.2 Å². The summed E-state index contributed by atoms with van der Waals surface area (Å²) in [6.07, 6.45) is 4.31. The maximum Gasteiger partial charge on any atom is 0.175 e. The number of nitrogens with zero attached hydrogens (tertiary/aromatic N) is 2. The molecule has 1 aliphatic rings. The van der Waals surface area contributed by atoms with Crippen LogP contribution in [0.15, 0.2) is 65.6 Å². The first-order valence-electron chi connectivity index (χ1n) is 10.2. The standard InChI is InChI=1S/C25H22N2O3S/c1-16-22-13-24(17-7-11-20(12-8-17)31(2,29)30)27(19-9-10-19)25(22)14-23(26-16)21-6-4-3-5-18(21)15-28/h3-8,11-15,19H,9-10H2,1-2H3. The number of aromatic nitrogens is 2. The van der Waals surface area contributed by atoms with Crippen LogP contribution in [0, 0.1) is 6.92 Å². The van der Waals surface area contributed by atoms with E-state index in [2.05, 4.69) is 16.7 Å². The van der Waals surface area contributed by atoms with Gasteiger partial charge < -0.3 is 4.57 Å². The minimum atomic E-state index is -3.24. The third-order valence-electron chi connectivity index (χ3n) is 5.88. The summed E-state index contributed by atoms with van der Waals surface area (Å²) in [4.78, 5) is 16.7. The number of aryl methyl sites for hydroxylation is 1. The number of rotatable bonds is 5. The van der Waals surface area contributed by atoms with Gasteiger partial charge in [-0.1, -0.05) is 36.4 Å². The number of fused-ring (bicyclic) bond motifs is 1. The average Bonchev–Trinajstić information content (AvgIpc) is 3.52. The molecular weight excluding hydrogens is 408 g/mol. The lowest BCUT2D eigenvalue weighted by molar-refractivity contribution is 0.112. The molecule has 1 fully saturated rings. The predicted octanol–water partition coefficient (Wildman–Crippen LogP) is 5.23. The molecule has 0 aliphatic heterocycles. The molecule has 0 radical (unpaired) electrons. The van der Waals surface area contributed by atoms with E-state index in [4.69, 9.17) is 4.98 Å². The van der Waals surface area contributed by atoms with Gasteiger partial charge in [0.1, 0.15) is 0 Å². The lowest BCUT2D eigenvalue weighted by atomic mass is 10.0. The minimum Gasteiger partial charge on any atom is -0.337 e. The van der Waals surface area contributed by atoms with Crippen molar-refractivity contribution >= 4 is 27.0 Å². The summed E-state index contributed by atoms with van der Waals surface area (Å²) in [6.45, 7) is 1.99. The van der Waals surface area contributed by atoms with Crippen molar-refractivity contribution in [3.8, 4) is 22.5 Å². The molecule has 1 aliphatic carbocycles. The number of carbonyl (C=O) groups excluding carboxylic acids is 1. The number of hydrogen-bond donors (Lipinski definition) is 0. The van der Waals surface area contributed by atoms with Crippen molar-refractivity contribution in [1.29, 1.82) is 0 Å². The topological polar surface area (TPSA) is 69.0 Å². The number of sulfone groups is 1. The van der Waals surface area contributed by atoms with Gasteiger partial charge in [-0.2, -0.15) is 0 Å². The average molecular weight is 431 g/mol. The Morgan fingerprint density at radius 1 is 1.03 bits per heavy atom. The number of benzene rings is 2. The van der Waals surface area contributed by atoms with Crippen LogP contribution in [0.1, 0.15) is 34.9 Å². The zero-order valence-electron chi connectivity index (χ0n) is 17.4. The van der Waals surface area contributed by atoms with Crippen molar-refractivity contribution in [3.63, 3.8) is 0 Å². The van der Waals surface area contributed by atoms with E-state index < -0.39 is 9.84 Å². The van der Waals surface area contributed by atoms with Gasteiger partial charge in [-0.15, -0.1) is 0 Å². The highest BCUT2D eigenvalue weighted by Gasteiger charge is 2.29. The molecule has 0 bridgehead atoms. The Bertz CT molecular complexity index is 1430. The molecule has 0 atom stereocenters. The fourth-order valence-corrected chi connectivity index (χ4v) is 4.80. The molecule has 0 amide bonds. The molecule has 5 nitrogen and oxygen atoms in total. The number of carbonyl (C=O) groups is 1. The molecule has 4 aromatic rings. The largest absolute Gasteiger partial charge is 0.337 e. The van der Waals surface area contributed by atoms with Crippen LogP contribution in [0.4, 0.5) is 0 Å². The van der Waals surface area contributed by atoms with Gasteiger partial charge in [0, 0.05) is 40.2 Å². The zero-order chi connectivity index (χ0) is 21.8. The summed E-state index contributed by atoms with van der Waals surface area (Å²) in [5.41, 5.74) is 6.26. The Morgan fingerprint density at radius 3 is 2.39 bits per heavy atom. The second-order valence-electron chi connectivity index (χ2n) is 8.16. The molecule has 2 heterocycles. The van der Waals surface area contributed by atoms with E-state index >= 15 is 0 Å². The zero-order valence-corrected chi connectivity index (χ0v) is 18.2. The van der Waals surface area contributed by atoms with Gasteiger partial charge in [0.2, 0.25) is 0 Å². The molecule has 31 heavy (non-hydrogen) atoms.